The van der Waals surface area contributed by atoms with Crippen molar-refractivity contribution in [3.8, 4) is 11.3 Å². The number of rotatable bonds is 9. The molecule has 11 heteroatoms. The molecule has 0 radical (unpaired) electrons. The highest BCUT2D eigenvalue weighted by molar-refractivity contribution is 7.99. The lowest BCUT2D eigenvalue weighted by Crippen LogP contribution is -2.17. The van der Waals surface area contributed by atoms with E-state index in [-0.39, 0.29) is 29.8 Å². The van der Waals surface area contributed by atoms with Crippen molar-refractivity contribution in [2.24, 2.45) is 5.73 Å². The van der Waals surface area contributed by atoms with Gasteiger partial charge in [-0.25, -0.2) is 9.37 Å². The van der Waals surface area contributed by atoms with Gasteiger partial charge in [-0.2, -0.15) is 0 Å². The summed E-state index contributed by atoms with van der Waals surface area (Å²) in [5, 5.41) is 14.1. The molecule has 156 valence electrons. The van der Waals surface area contributed by atoms with Gasteiger partial charge in [-0.15, -0.1) is 21.5 Å². The summed E-state index contributed by atoms with van der Waals surface area (Å²) in [6, 6.07) is 6.02. The zero-order chi connectivity index (χ0) is 21.1. The number of thioether (sulfide) groups is 1. The highest BCUT2D eigenvalue weighted by Gasteiger charge is 2.30. The fourth-order valence-corrected chi connectivity index (χ4v) is 4.36. The van der Waals surface area contributed by atoms with Crippen molar-refractivity contribution in [3.05, 3.63) is 41.3 Å². The number of aromatic nitrogens is 4. The number of anilines is 1. The summed E-state index contributed by atoms with van der Waals surface area (Å²) in [5.74, 6) is 0.423. The maximum atomic E-state index is 13.1. The van der Waals surface area contributed by atoms with E-state index in [4.69, 9.17) is 5.73 Å². The number of carbonyl (C=O) groups excluding carboxylic acids is 2. The Kier molecular flexibility index (Phi) is 6.09. The highest BCUT2D eigenvalue weighted by Crippen LogP contribution is 2.40. The molecule has 2 amide bonds. The maximum Gasteiger partial charge on any atom is 0.236 e. The molecule has 0 aliphatic heterocycles. The number of hydrogen-bond acceptors (Lipinski definition) is 7. The third kappa shape index (κ3) is 5.03. The first-order chi connectivity index (χ1) is 14.5. The van der Waals surface area contributed by atoms with Crippen LogP contribution in [0.4, 0.5) is 9.52 Å². The SMILES string of the molecule is NC(=O)CCn1c(SCC(=O)Nc2nc(-c3ccc(F)cc3)cs2)nnc1C1CC1. The quantitative estimate of drug-likeness (QED) is 0.488. The number of nitrogens with two attached hydrogens (primary N) is 1. The molecule has 2 aromatic heterocycles. The largest absolute Gasteiger partial charge is 0.370 e. The van der Waals surface area contributed by atoms with Gasteiger partial charge < -0.3 is 15.6 Å². The van der Waals surface area contributed by atoms with Crippen molar-refractivity contribution in [1.29, 1.82) is 0 Å². The lowest BCUT2D eigenvalue weighted by Gasteiger charge is -2.08. The van der Waals surface area contributed by atoms with Gasteiger partial charge in [-0.3, -0.25) is 9.59 Å². The molecule has 3 aromatic rings. The lowest BCUT2D eigenvalue weighted by atomic mass is 10.2. The van der Waals surface area contributed by atoms with Gasteiger partial charge >= 0.3 is 0 Å². The number of hydrogen-bond donors (Lipinski definition) is 2. The van der Waals surface area contributed by atoms with Crippen molar-refractivity contribution in [2.75, 3.05) is 11.1 Å². The number of halogens is 1. The van der Waals surface area contributed by atoms with Crippen molar-refractivity contribution < 1.29 is 14.0 Å². The van der Waals surface area contributed by atoms with Gasteiger partial charge in [0, 0.05) is 29.8 Å². The van der Waals surface area contributed by atoms with Crippen LogP contribution in [0.1, 0.15) is 31.0 Å². The Balaban J connectivity index is 1.36. The van der Waals surface area contributed by atoms with Crippen LogP contribution in [-0.2, 0) is 16.1 Å². The monoisotopic (exact) mass is 446 g/mol. The van der Waals surface area contributed by atoms with E-state index in [2.05, 4.69) is 20.5 Å². The predicted octanol–water partition coefficient (Wildman–Crippen LogP) is 3.02. The van der Waals surface area contributed by atoms with Crippen LogP contribution in [0.25, 0.3) is 11.3 Å². The molecule has 30 heavy (non-hydrogen) atoms. The molecule has 4 rings (SSSR count). The van der Waals surface area contributed by atoms with E-state index in [0.29, 0.717) is 28.4 Å². The fourth-order valence-electron chi connectivity index (χ4n) is 2.85. The van der Waals surface area contributed by atoms with E-state index >= 15 is 0 Å². The average molecular weight is 447 g/mol. The van der Waals surface area contributed by atoms with Crippen LogP contribution in [-0.4, -0.2) is 37.3 Å². The molecule has 0 atom stereocenters. The summed E-state index contributed by atoms with van der Waals surface area (Å²) < 4.78 is 14.9. The Bertz CT molecular complexity index is 1060. The first-order valence-electron chi connectivity index (χ1n) is 9.35. The second-order valence-corrected chi connectivity index (χ2v) is 8.67. The van der Waals surface area contributed by atoms with Crippen LogP contribution in [0.15, 0.2) is 34.8 Å². The summed E-state index contributed by atoms with van der Waals surface area (Å²) in [5.41, 5.74) is 6.72. The zero-order valence-electron chi connectivity index (χ0n) is 15.9. The molecular formula is C19H19FN6O2S2. The molecule has 0 saturated heterocycles. The first-order valence-corrected chi connectivity index (χ1v) is 11.2. The van der Waals surface area contributed by atoms with E-state index in [1.54, 1.807) is 17.5 Å². The molecule has 2 heterocycles. The Morgan fingerprint density at radius 3 is 2.73 bits per heavy atom. The van der Waals surface area contributed by atoms with E-state index in [1.807, 2.05) is 4.57 Å². The molecule has 1 aromatic carbocycles. The van der Waals surface area contributed by atoms with Crippen molar-refractivity contribution in [3.63, 3.8) is 0 Å². The Labute approximate surface area is 180 Å². The van der Waals surface area contributed by atoms with Gasteiger partial charge in [0.15, 0.2) is 10.3 Å². The highest BCUT2D eigenvalue weighted by atomic mass is 32.2. The van der Waals surface area contributed by atoms with Crippen molar-refractivity contribution in [2.45, 2.75) is 36.9 Å². The fraction of sp³-hybridized carbons (Fsp3) is 0.316. The summed E-state index contributed by atoms with van der Waals surface area (Å²) in [4.78, 5) is 27.9. The maximum absolute atomic E-state index is 13.1. The van der Waals surface area contributed by atoms with E-state index < -0.39 is 0 Å². The minimum atomic E-state index is -0.389. The summed E-state index contributed by atoms with van der Waals surface area (Å²) in [6.07, 6.45) is 2.31. The molecule has 8 nitrogen and oxygen atoms in total. The minimum Gasteiger partial charge on any atom is -0.370 e. The second kappa shape index (κ2) is 8.92. The first kappa shape index (κ1) is 20.5. The summed E-state index contributed by atoms with van der Waals surface area (Å²) in [6.45, 7) is 0.408. The summed E-state index contributed by atoms with van der Waals surface area (Å²) in [7, 11) is 0. The number of carbonyl (C=O) groups is 2. The number of amides is 2. The van der Waals surface area contributed by atoms with Crippen molar-refractivity contribution in [1.82, 2.24) is 19.7 Å². The van der Waals surface area contributed by atoms with E-state index in [1.165, 1.54) is 35.2 Å². The predicted molar refractivity (Wildman–Crippen MR) is 113 cm³/mol. The Morgan fingerprint density at radius 1 is 1.27 bits per heavy atom. The molecular weight excluding hydrogens is 427 g/mol. The molecule has 3 N–H and O–H groups in total. The standard InChI is InChI=1S/C19H19FN6O2S2/c20-13-5-3-11(4-6-13)14-9-29-18(22-14)23-16(28)10-30-19-25-24-17(12-1-2-12)26(19)8-7-15(21)27/h3-6,9,12H,1-2,7-8,10H2,(H2,21,27)(H,22,23,28). The number of primary amides is 1. The van der Waals surface area contributed by atoms with Gasteiger partial charge in [0.25, 0.3) is 0 Å². The summed E-state index contributed by atoms with van der Waals surface area (Å²) >= 11 is 2.56. The Morgan fingerprint density at radius 2 is 2.03 bits per heavy atom. The molecule has 0 bridgehead atoms. The van der Waals surface area contributed by atoms with E-state index in [9.17, 15) is 14.0 Å². The van der Waals surface area contributed by atoms with Crippen LogP contribution < -0.4 is 11.1 Å². The Hall–Kier alpha value is -2.79. The van der Waals surface area contributed by atoms with Crippen LogP contribution in [0.2, 0.25) is 0 Å². The smallest absolute Gasteiger partial charge is 0.236 e. The minimum absolute atomic E-state index is 0.130. The number of nitrogens with zero attached hydrogens (tertiary/aromatic N) is 4. The number of nitrogens with one attached hydrogen (secondary N) is 1. The van der Waals surface area contributed by atoms with Gasteiger partial charge in [0.2, 0.25) is 11.8 Å². The van der Waals surface area contributed by atoms with Crippen LogP contribution >= 0.6 is 23.1 Å². The second-order valence-electron chi connectivity index (χ2n) is 6.86. The van der Waals surface area contributed by atoms with E-state index in [0.717, 1.165) is 24.2 Å². The molecule has 1 aliphatic rings. The third-order valence-electron chi connectivity index (χ3n) is 4.49. The van der Waals surface area contributed by atoms with Gasteiger partial charge in [-0.1, -0.05) is 11.8 Å². The molecule has 1 saturated carbocycles. The van der Waals surface area contributed by atoms with Crippen LogP contribution in [0.5, 0.6) is 0 Å². The van der Waals surface area contributed by atoms with Gasteiger partial charge in [0.1, 0.15) is 11.6 Å². The average Bonchev–Trinajstić information content (AvgIpc) is 3.32. The van der Waals surface area contributed by atoms with Gasteiger partial charge in [-0.05, 0) is 37.1 Å². The normalized spacial score (nSPS) is 13.4. The zero-order valence-corrected chi connectivity index (χ0v) is 17.5. The van der Waals surface area contributed by atoms with Gasteiger partial charge in [0.05, 0.1) is 11.4 Å². The van der Waals surface area contributed by atoms with Crippen LogP contribution in [0.3, 0.4) is 0 Å². The number of thiazole rings is 1. The lowest BCUT2D eigenvalue weighted by molar-refractivity contribution is -0.118. The topological polar surface area (TPSA) is 116 Å². The molecule has 0 spiro atoms. The number of benzene rings is 1. The van der Waals surface area contributed by atoms with Crippen LogP contribution in [0, 0.1) is 5.82 Å². The molecule has 0 unspecified atom stereocenters. The molecule has 1 aliphatic carbocycles. The van der Waals surface area contributed by atoms with Crippen molar-refractivity contribution >= 4 is 40.0 Å². The molecule has 1 fully saturated rings. The third-order valence-corrected chi connectivity index (χ3v) is 6.22.